The van der Waals surface area contributed by atoms with Gasteiger partial charge in [-0.15, -0.1) is 0 Å². The zero-order chi connectivity index (χ0) is 14.9. The van der Waals surface area contributed by atoms with Crippen molar-refractivity contribution in [1.82, 2.24) is 0 Å². The lowest BCUT2D eigenvalue weighted by molar-refractivity contribution is -0.138. The van der Waals surface area contributed by atoms with Gasteiger partial charge in [-0.05, 0) is 5.41 Å². The summed E-state index contributed by atoms with van der Waals surface area (Å²) in [5.41, 5.74) is -1.75. The van der Waals surface area contributed by atoms with Gasteiger partial charge in [-0.1, -0.05) is 41.5 Å². The molecular formula is C12H22O5S. The molecule has 0 aliphatic carbocycles. The maximum Gasteiger partial charge on any atom is 0.322 e. The Morgan fingerprint density at radius 1 is 1.06 bits per heavy atom. The van der Waals surface area contributed by atoms with Crippen LogP contribution in [-0.4, -0.2) is 36.3 Å². The summed E-state index contributed by atoms with van der Waals surface area (Å²) in [5, 5.41) is 7.50. The lowest BCUT2D eigenvalue weighted by Gasteiger charge is -2.27. The highest BCUT2D eigenvalue weighted by Gasteiger charge is 2.44. The Bertz CT molecular complexity index is 434. The average molecular weight is 278 g/mol. The van der Waals surface area contributed by atoms with Crippen LogP contribution in [-0.2, 0) is 19.4 Å². The first-order valence-corrected chi connectivity index (χ1v) is 7.39. The average Bonchev–Trinajstić information content (AvgIpc) is 1.94. The number of carboxylic acids is 1. The highest BCUT2D eigenvalue weighted by molar-refractivity contribution is 7.93. The molecule has 0 bridgehead atoms. The topological polar surface area (TPSA) is 88.5 Å². The van der Waals surface area contributed by atoms with Crippen LogP contribution in [0, 0.1) is 10.8 Å². The number of aliphatic carboxylic acids is 1. The third-order valence-corrected chi connectivity index (χ3v) is 4.83. The number of carbonyl (C=O) groups is 2. The summed E-state index contributed by atoms with van der Waals surface area (Å²) in [4.78, 5) is 22.9. The van der Waals surface area contributed by atoms with E-state index in [1.54, 1.807) is 20.8 Å². The van der Waals surface area contributed by atoms with E-state index in [0.29, 0.717) is 0 Å². The van der Waals surface area contributed by atoms with Gasteiger partial charge in [0.1, 0.15) is 5.75 Å². The largest absolute Gasteiger partial charge is 0.480 e. The van der Waals surface area contributed by atoms with Crippen molar-refractivity contribution in [2.24, 2.45) is 10.8 Å². The standard InChI is InChI=1S/C12H22O5S/c1-11(2,3)8(13)7-18(16,17)9(10(14)15)12(4,5)6/h9H,7H2,1-6H3,(H,14,15). The summed E-state index contributed by atoms with van der Waals surface area (Å²) in [7, 11) is -4.01. The van der Waals surface area contributed by atoms with E-state index in [-0.39, 0.29) is 0 Å². The van der Waals surface area contributed by atoms with Gasteiger partial charge in [0.05, 0.1) is 0 Å². The molecule has 6 heteroatoms. The predicted octanol–water partition coefficient (Wildman–Crippen LogP) is 1.52. The second kappa shape index (κ2) is 4.99. The molecule has 18 heavy (non-hydrogen) atoms. The van der Waals surface area contributed by atoms with E-state index in [1.165, 1.54) is 20.8 Å². The molecule has 0 aromatic carbocycles. The third-order valence-electron chi connectivity index (χ3n) is 2.54. The summed E-state index contributed by atoms with van der Waals surface area (Å²) in [6, 6.07) is 0. The Balaban J connectivity index is 5.38. The van der Waals surface area contributed by atoms with Crippen LogP contribution in [0.2, 0.25) is 0 Å². The molecule has 0 rings (SSSR count). The molecule has 0 spiro atoms. The molecule has 0 amide bonds. The van der Waals surface area contributed by atoms with Gasteiger partial charge in [0.2, 0.25) is 0 Å². The Labute approximate surface area is 108 Å². The van der Waals surface area contributed by atoms with Crippen molar-refractivity contribution in [1.29, 1.82) is 0 Å². The summed E-state index contributed by atoms with van der Waals surface area (Å²) >= 11 is 0. The number of ketones is 1. The monoisotopic (exact) mass is 278 g/mol. The first kappa shape index (κ1) is 17.1. The van der Waals surface area contributed by atoms with Crippen molar-refractivity contribution >= 4 is 21.6 Å². The maximum absolute atomic E-state index is 12.1. The molecular weight excluding hydrogens is 256 g/mol. The lowest BCUT2D eigenvalue weighted by Crippen LogP contribution is -2.45. The van der Waals surface area contributed by atoms with Gasteiger partial charge in [0.25, 0.3) is 0 Å². The number of rotatable bonds is 4. The molecule has 1 N–H and O–H groups in total. The highest BCUT2D eigenvalue weighted by atomic mass is 32.2. The van der Waals surface area contributed by atoms with Gasteiger partial charge in [-0.2, -0.15) is 0 Å². The minimum atomic E-state index is -4.01. The van der Waals surface area contributed by atoms with Gasteiger partial charge in [0.15, 0.2) is 20.9 Å². The summed E-state index contributed by atoms with van der Waals surface area (Å²) in [6.07, 6.45) is 0. The van der Waals surface area contributed by atoms with Crippen LogP contribution in [0.1, 0.15) is 41.5 Å². The quantitative estimate of drug-likeness (QED) is 0.842. The Morgan fingerprint density at radius 3 is 1.67 bits per heavy atom. The first-order chi connectivity index (χ1) is 7.69. The third kappa shape index (κ3) is 4.40. The van der Waals surface area contributed by atoms with Crippen LogP contribution in [0.25, 0.3) is 0 Å². The number of sulfone groups is 1. The smallest absolute Gasteiger partial charge is 0.322 e. The SMILES string of the molecule is CC(C)(C)C(=O)CS(=O)(=O)C(C(=O)O)C(C)(C)C. The van der Waals surface area contributed by atoms with Gasteiger partial charge in [-0.3, -0.25) is 9.59 Å². The molecule has 0 saturated heterocycles. The minimum absolute atomic E-state index is 0.474. The van der Waals surface area contributed by atoms with Crippen molar-refractivity contribution in [2.45, 2.75) is 46.8 Å². The zero-order valence-corrected chi connectivity index (χ0v) is 12.6. The molecule has 0 aromatic rings. The van der Waals surface area contributed by atoms with E-state index in [9.17, 15) is 18.0 Å². The minimum Gasteiger partial charge on any atom is -0.480 e. The summed E-state index contributed by atoms with van der Waals surface area (Å²) in [6.45, 7) is 9.42. The first-order valence-electron chi connectivity index (χ1n) is 5.67. The van der Waals surface area contributed by atoms with Crippen molar-refractivity contribution < 1.29 is 23.1 Å². The van der Waals surface area contributed by atoms with E-state index >= 15 is 0 Å². The van der Waals surface area contributed by atoms with Crippen LogP contribution in [0.15, 0.2) is 0 Å². The van der Waals surface area contributed by atoms with E-state index in [1.807, 2.05) is 0 Å². The Kier molecular flexibility index (Phi) is 4.74. The number of carbonyl (C=O) groups excluding carboxylic acids is 1. The van der Waals surface area contributed by atoms with Gasteiger partial charge < -0.3 is 5.11 Å². The Morgan fingerprint density at radius 2 is 1.44 bits per heavy atom. The van der Waals surface area contributed by atoms with Gasteiger partial charge >= 0.3 is 5.97 Å². The predicted molar refractivity (Wildman–Crippen MR) is 69.1 cm³/mol. The van der Waals surface area contributed by atoms with Gasteiger partial charge in [0, 0.05) is 5.41 Å². The second-order valence-corrected chi connectivity index (χ2v) is 8.65. The summed E-state index contributed by atoms with van der Waals surface area (Å²) < 4.78 is 24.1. The van der Waals surface area contributed by atoms with E-state index < -0.39 is 43.4 Å². The highest BCUT2D eigenvalue weighted by Crippen LogP contribution is 2.28. The molecule has 106 valence electrons. The number of Topliss-reactive ketones (excluding diaryl/α,β-unsaturated/α-hetero) is 1. The van der Waals surface area contributed by atoms with E-state index in [0.717, 1.165) is 0 Å². The molecule has 0 aliphatic rings. The van der Waals surface area contributed by atoms with E-state index in [2.05, 4.69) is 0 Å². The molecule has 0 aromatic heterocycles. The second-order valence-electron chi connectivity index (χ2n) is 6.56. The fourth-order valence-corrected chi connectivity index (χ4v) is 3.89. The zero-order valence-electron chi connectivity index (χ0n) is 11.8. The fraction of sp³-hybridized carbons (Fsp3) is 0.833. The van der Waals surface area contributed by atoms with Gasteiger partial charge in [-0.25, -0.2) is 8.42 Å². The molecule has 0 heterocycles. The molecule has 5 nitrogen and oxygen atoms in total. The lowest BCUT2D eigenvalue weighted by atomic mass is 9.91. The number of carboxylic acid groups (broad SMARTS) is 1. The molecule has 0 fully saturated rings. The number of hydrogen-bond acceptors (Lipinski definition) is 4. The molecule has 1 atom stereocenters. The normalized spacial score (nSPS) is 15.2. The maximum atomic E-state index is 12.1. The van der Waals surface area contributed by atoms with Crippen LogP contribution in [0.3, 0.4) is 0 Å². The van der Waals surface area contributed by atoms with Crippen molar-refractivity contribution in [3.8, 4) is 0 Å². The molecule has 1 unspecified atom stereocenters. The molecule has 0 saturated carbocycles. The van der Waals surface area contributed by atoms with Crippen molar-refractivity contribution in [2.75, 3.05) is 5.75 Å². The molecule has 0 radical (unpaired) electrons. The Hall–Kier alpha value is -0.910. The number of hydrogen-bond donors (Lipinski definition) is 1. The fourth-order valence-electron chi connectivity index (χ4n) is 1.55. The van der Waals surface area contributed by atoms with Crippen molar-refractivity contribution in [3.63, 3.8) is 0 Å². The van der Waals surface area contributed by atoms with Crippen LogP contribution < -0.4 is 0 Å². The summed E-state index contributed by atoms with van der Waals surface area (Å²) in [5.74, 6) is -2.62. The van der Waals surface area contributed by atoms with Crippen molar-refractivity contribution in [3.05, 3.63) is 0 Å². The molecule has 0 aliphatic heterocycles. The van der Waals surface area contributed by atoms with Crippen LogP contribution >= 0.6 is 0 Å². The van der Waals surface area contributed by atoms with E-state index in [4.69, 9.17) is 5.11 Å². The van der Waals surface area contributed by atoms with Crippen LogP contribution in [0.5, 0.6) is 0 Å². The van der Waals surface area contributed by atoms with Crippen LogP contribution in [0.4, 0.5) is 0 Å².